The molecule has 41 heavy (non-hydrogen) atoms. The van der Waals surface area contributed by atoms with Gasteiger partial charge in [0.15, 0.2) is 18.0 Å². The van der Waals surface area contributed by atoms with Gasteiger partial charge in [0.05, 0.1) is 35.6 Å². The normalized spacial score (nSPS) is 14.4. The van der Waals surface area contributed by atoms with Gasteiger partial charge >= 0.3 is 5.76 Å². The lowest BCUT2D eigenvalue weighted by atomic mass is 10.2. The number of halogens is 1. The molecule has 210 valence electrons. The Morgan fingerprint density at radius 1 is 1.12 bits per heavy atom. The summed E-state index contributed by atoms with van der Waals surface area (Å²) in [6.07, 6.45) is 3.38. The zero-order chi connectivity index (χ0) is 27.9. The second-order valence-corrected chi connectivity index (χ2v) is 9.62. The number of aromatic nitrogens is 7. The Labute approximate surface area is 230 Å². The molecule has 14 nitrogen and oxygen atoms in total. The summed E-state index contributed by atoms with van der Waals surface area (Å²) in [5, 5.41) is 15.8. The highest BCUT2D eigenvalue weighted by Gasteiger charge is 2.21. The van der Waals surface area contributed by atoms with Crippen molar-refractivity contribution in [3.8, 4) is 17.2 Å². The van der Waals surface area contributed by atoms with Gasteiger partial charge in [0.1, 0.15) is 17.3 Å². The highest BCUT2D eigenvalue weighted by molar-refractivity contribution is 5.93. The lowest BCUT2D eigenvalue weighted by Crippen LogP contribution is -2.47. The summed E-state index contributed by atoms with van der Waals surface area (Å²) in [7, 11) is 0. The van der Waals surface area contributed by atoms with Crippen LogP contribution in [0.1, 0.15) is 5.89 Å². The lowest BCUT2D eigenvalue weighted by Gasteiger charge is -2.36. The molecule has 7 rings (SSSR count). The zero-order valence-electron chi connectivity index (χ0n) is 21.7. The first-order valence-electron chi connectivity index (χ1n) is 13.0. The van der Waals surface area contributed by atoms with Gasteiger partial charge in [-0.2, -0.15) is 19.7 Å². The SMILES string of the molecule is Nc1nc2c(cnn2CCN2CCN(c3ccc(OCc4n[nH]c(=O)o4)cc3F)CC2)c2cc(-c3ccco3)nn12. The van der Waals surface area contributed by atoms with Crippen LogP contribution in [0.2, 0.25) is 0 Å². The highest BCUT2D eigenvalue weighted by Crippen LogP contribution is 2.27. The monoisotopic (exact) mass is 560 g/mol. The topological polar surface area (TPSA) is 162 Å². The van der Waals surface area contributed by atoms with Crippen molar-refractivity contribution >= 4 is 28.2 Å². The van der Waals surface area contributed by atoms with Gasteiger partial charge in [-0.15, -0.1) is 5.10 Å². The molecule has 5 aromatic heterocycles. The largest absolute Gasteiger partial charge is 0.484 e. The molecule has 3 N–H and O–H groups in total. The Kier molecular flexibility index (Phi) is 6.11. The van der Waals surface area contributed by atoms with Crippen LogP contribution in [0.25, 0.3) is 28.0 Å². The number of H-pyrrole nitrogens is 1. The fourth-order valence-electron chi connectivity index (χ4n) is 5.04. The van der Waals surface area contributed by atoms with Crippen molar-refractivity contribution in [2.24, 2.45) is 0 Å². The number of aromatic amines is 1. The Morgan fingerprint density at radius 3 is 2.76 bits per heavy atom. The summed E-state index contributed by atoms with van der Waals surface area (Å²) < 4.78 is 34.1. The van der Waals surface area contributed by atoms with E-state index in [9.17, 15) is 9.18 Å². The van der Waals surface area contributed by atoms with Gasteiger partial charge in [0.2, 0.25) is 5.95 Å². The van der Waals surface area contributed by atoms with E-state index in [1.807, 2.05) is 27.8 Å². The van der Waals surface area contributed by atoms with Gasteiger partial charge in [-0.05, 0) is 30.3 Å². The number of rotatable bonds is 8. The molecule has 0 bridgehead atoms. The van der Waals surface area contributed by atoms with Gasteiger partial charge in [0.25, 0.3) is 5.89 Å². The third-order valence-corrected chi connectivity index (χ3v) is 7.11. The highest BCUT2D eigenvalue weighted by atomic mass is 19.1. The molecular weight excluding hydrogens is 535 g/mol. The van der Waals surface area contributed by atoms with Crippen LogP contribution in [-0.2, 0) is 13.2 Å². The summed E-state index contributed by atoms with van der Waals surface area (Å²) in [4.78, 5) is 19.9. The fourth-order valence-corrected chi connectivity index (χ4v) is 5.04. The number of ether oxygens (including phenoxy) is 1. The van der Waals surface area contributed by atoms with Gasteiger partial charge in [-0.3, -0.25) is 4.90 Å². The number of nitrogens with two attached hydrogens (primary N) is 1. The van der Waals surface area contributed by atoms with Crippen molar-refractivity contribution in [2.75, 3.05) is 43.4 Å². The Balaban J connectivity index is 0.977. The van der Waals surface area contributed by atoms with Crippen molar-refractivity contribution in [2.45, 2.75) is 13.2 Å². The third kappa shape index (κ3) is 4.75. The van der Waals surface area contributed by atoms with Crippen LogP contribution in [0.3, 0.4) is 0 Å². The van der Waals surface area contributed by atoms with E-state index in [1.54, 1.807) is 29.1 Å². The number of benzene rings is 1. The van der Waals surface area contributed by atoms with Crippen LogP contribution in [0.4, 0.5) is 16.0 Å². The second kappa shape index (κ2) is 10.1. The van der Waals surface area contributed by atoms with Crippen LogP contribution in [0.5, 0.6) is 5.75 Å². The third-order valence-electron chi connectivity index (χ3n) is 7.11. The van der Waals surface area contributed by atoms with Crippen molar-refractivity contribution in [1.82, 2.24) is 39.5 Å². The molecule has 0 radical (unpaired) electrons. The predicted molar refractivity (Wildman–Crippen MR) is 145 cm³/mol. The van der Waals surface area contributed by atoms with Crippen molar-refractivity contribution in [3.63, 3.8) is 0 Å². The van der Waals surface area contributed by atoms with E-state index < -0.39 is 5.76 Å². The average Bonchev–Trinajstić information content (AvgIpc) is 3.78. The first kappa shape index (κ1) is 24.8. The molecule has 0 saturated carbocycles. The number of hydrogen-bond donors (Lipinski definition) is 2. The summed E-state index contributed by atoms with van der Waals surface area (Å²) in [5.41, 5.74) is 8.92. The zero-order valence-corrected chi connectivity index (χ0v) is 21.7. The minimum Gasteiger partial charge on any atom is -0.484 e. The Morgan fingerprint density at radius 2 is 2.00 bits per heavy atom. The molecule has 1 aromatic carbocycles. The second-order valence-electron chi connectivity index (χ2n) is 9.62. The summed E-state index contributed by atoms with van der Waals surface area (Å²) in [6, 6.07) is 10.3. The lowest BCUT2D eigenvalue weighted by molar-refractivity contribution is 0.244. The molecule has 0 spiro atoms. The van der Waals surface area contributed by atoms with Crippen LogP contribution in [0, 0.1) is 5.82 Å². The maximum Gasteiger partial charge on any atom is 0.434 e. The van der Waals surface area contributed by atoms with Gasteiger partial charge < -0.3 is 24.2 Å². The molecule has 6 aromatic rings. The molecule has 0 atom stereocenters. The van der Waals surface area contributed by atoms with Crippen molar-refractivity contribution in [3.05, 3.63) is 71.1 Å². The van der Waals surface area contributed by atoms with Gasteiger partial charge in [0, 0.05) is 38.8 Å². The molecule has 1 fully saturated rings. The first-order chi connectivity index (χ1) is 20.0. The minimum absolute atomic E-state index is 0.0802. The van der Waals surface area contributed by atoms with E-state index in [0.29, 0.717) is 48.2 Å². The van der Waals surface area contributed by atoms with E-state index in [-0.39, 0.29) is 24.3 Å². The Hall–Kier alpha value is -5.18. The predicted octanol–water partition coefficient (Wildman–Crippen LogP) is 2.14. The number of nitrogens with one attached hydrogen (secondary N) is 1. The van der Waals surface area contributed by atoms with Crippen molar-refractivity contribution < 1.29 is 18.0 Å². The van der Waals surface area contributed by atoms with Crippen molar-refractivity contribution in [1.29, 1.82) is 0 Å². The number of furan rings is 1. The molecule has 6 heterocycles. The number of hydrogen-bond acceptors (Lipinski definition) is 11. The smallest absolute Gasteiger partial charge is 0.434 e. The first-order valence-corrected chi connectivity index (χ1v) is 13.0. The van der Waals surface area contributed by atoms with E-state index in [4.69, 9.17) is 19.3 Å². The molecule has 1 aliphatic rings. The standard InChI is InChI=1S/C26H25FN10O4/c27-18-12-16(40-15-23-31-32-26(38)41-23)3-4-20(18)35-8-5-34(6-9-35)7-10-36-24-17(14-29-36)21-13-19(22-2-1-11-39-22)33-37(21)25(28)30-24/h1-4,11-14H,5-10,15H2,(H2,28,30)(H,32,38). The fraction of sp³-hybridized carbons (Fsp3) is 0.269. The van der Waals surface area contributed by atoms with Gasteiger partial charge in [-0.25, -0.2) is 19.0 Å². The summed E-state index contributed by atoms with van der Waals surface area (Å²) in [5.74, 6) is 0.284. The number of nitrogens with zero attached hydrogens (tertiary/aromatic N) is 8. The number of anilines is 2. The summed E-state index contributed by atoms with van der Waals surface area (Å²) in [6.45, 7) is 4.19. The number of nitrogen functional groups attached to an aromatic ring is 1. The van der Waals surface area contributed by atoms with E-state index in [2.05, 4.69) is 30.3 Å². The Bertz CT molecular complexity index is 1880. The maximum absolute atomic E-state index is 14.9. The summed E-state index contributed by atoms with van der Waals surface area (Å²) >= 11 is 0. The van der Waals surface area contributed by atoms with Crippen LogP contribution in [0.15, 0.2) is 62.5 Å². The molecule has 15 heteroatoms. The molecule has 0 amide bonds. The molecule has 1 aliphatic heterocycles. The molecule has 0 aliphatic carbocycles. The molecule has 1 saturated heterocycles. The van der Waals surface area contributed by atoms with E-state index in [1.165, 1.54) is 6.07 Å². The minimum atomic E-state index is -0.667. The van der Waals surface area contributed by atoms with E-state index in [0.717, 1.165) is 30.5 Å². The average molecular weight is 561 g/mol. The number of fused-ring (bicyclic) bond motifs is 3. The number of piperazine rings is 1. The molecule has 0 unspecified atom stereocenters. The maximum atomic E-state index is 14.9. The molecular formula is C26H25FN10O4. The van der Waals surface area contributed by atoms with Gasteiger partial charge in [-0.1, -0.05) is 0 Å². The van der Waals surface area contributed by atoms with Crippen LogP contribution in [-0.4, -0.2) is 72.2 Å². The van der Waals surface area contributed by atoms with Crippen LogP contribution < -0.4 is 21.1 Å². The van der Waals surface area contributed by atoms with E-state index >= 15 is 0 Å². The quantitative estimate of drug-likeness (QED) is 0.280. The van der Waals surface area contributed by atoms with Crippen LogP contribution >= 0.6 is 0 Å².